The van der Waals surface area contributed by atoms with Gasteiger partial charge in [0.25, 0.3) is 0 Å². The standard InChI is InChI=1S/C17H23N3/c1-11-16(12(2)20-19-11)18-15-9-10-17(3,4)14-8-6-5-7-13(14)15/h5-8,15,18H,9-10H2,1-4H3,(H,19,20). The third kappa shape index (κ3) is 2.11. The van der Waals surface area contributed by atoms with Gasteiger partial charge in [0.05, 0.1) is 23.1 Å². The van der Waals surface area contributed by atoms with Gasteiger partial charge in [-0.05, 0) is 43.2 Å². The Morgan fingerprint density at radius 2 is 2.00 bits per heavy atom. The topological polar surface area (TPSA) is 40.7 Å². The van der Waals surface area contributed by atoms with Crippen LogP contribution in [0, 0.1) is 13.8 Å². The van der Waals surface area contributed by atoms with E-state index in [1.807, 2.05) is 6.92 Å². The molecule has 0 saturated heterocycles. The van der Waals surface area contributed by atoms with Crippen LogP contribution in [0.25, 0.3) is 0 Å². The predicted octanol–water partition coefficient (Wildman–Crippen LogP) is 4.25. The van der Waals surface area contributed by atoms with Gasteiger partial charge in [-0.2, -0.15) is 5.10 Å². The maximum Gasteiger partial charge on any atom is 0.0825 e. The van der Waals surface area contributed by atoms with E-state index in [1.165, 1.54) is 17.5 Å². The van der Waals surface area contributed by atoms with Crippen LogP contribution in [0.3, 0.4) is 0 Å². The number of H-pyrrole nitrogens is 1. The molecule has 1 aliphatic carbocycles. The van der Waals surface area contributed by atoms with Crippen LogP contribution in [0.15, 0.2) is 24.3 Å². The number of benzene rings is 1. The van der Waals surface area contributed by atoms with Crippen molar-refractivity contribution in [1.82, 2.24) is 10.2 Å². The number of aromatic amines is 1. The zero-order valence-electron chi connectivity index (χ0n) is 12.7. The van der Waals surface area contributed by atoms with Gasteiger partial charge in [-0.25, -0.2) is 0 Å². The molecule has 2 aromatic rings. The average molecular weight is 269 g/mol. The second-order valence-electron chi connectivity index (χ2n) is 6.52. The van der Waals surface area contributed by atoms with Gasteiger partial charge >= 0.3 is 0 Å². The molecular weight excluding hydrogens is 246 g/mol. The van der Waals surface area contributed by atoms with Crippen LogP contribution in [0.4, 0.5) is 5.69 Å². The summed E-state index contributed by atoms with van der Waals surface area (Å²) in [7, 11) is 0. The molecule has 1 aromatic carbocycles. The first-order valence-corrected chi connectivity index (χ1v) is 7.36. The number of aromatic nitrogens is 2. The number of nitrogens with one attached hydrogen (secondary N) is 2. The third-order valence-electron chi connectivity index (χ3n) is 4.57. The fourth-order valence-electron chi connectivity index (χ4n) is 3.30. The second-order valence-corrected chi connectivity index (χ2v) is 6.52. The zero-order chi connectivity index (χ0) is 14.3. The van der Waals surface area contributed by atoms with Crippen molar-refractivity contribution in [2.45, 2.75) is 52.0 Å². The third-order valence-corrected chi connectivity index (χ3v) is 4.57. The summed E-state index contributed by atoms with van der Waals surface area (Å²) in [6, 6.07) is 9.22. The molecule has 20 heavy (non-hydrogen) atoms. The number of nitrogens with zero attached hydrogens (tertiary/aromatic N) is 1. The van der Waals surface area contributed by atoms with E-state index >= 15 is 0 Å². The molecule has 0 bridgehead atoms. The van der Waals surface area contributed by atoms with Gasteiger partial charge in [-0.1, -0.05) is 38.1 Å². The smallest absolute Gasteiger partial charge is 0.0825 e. The number of rotatable bonds is 2. The summed E-state index contributed by atoms with van der Waals surface area (Å²) >= 11 is 0. The van der Waals surface area contributed by atoms with E-state index in [0.717, 1.165) is 23.5 Å². The quantitative estimate of drug-likeness (QED) is 0.855. The largest absolute Gasteiger partial charge is 0.375 e. The van der Waals surface area contributed by atoms with Crippen LogP contribution in [0.2, 0.25) is 0 Å². The van der Waals surface area contributed by atoms with Gasteiger partial charge in [-0.15, -0.1) is 0 Å². The highest BCUT2D eigenvalue weighted by Crippen LogP contribution is 2.42. The molecule has 1 aliphatic rings. The molecule has 3 heteroatoms. The summed E-state index contributed by atoms with van der Waals surface area (Å²) in [5, 5.41) is 11.0. The Morgan fingerprint density at radius 3 is 2.70 bits per heavy atom. The van der Waals surface area contributed by atoms with Crippen molar-refractivity contribution in [3.63, 3.8) is 0 Å². The van der Waals surface area contributed by atoms with Crippen molar-refractivity contribution in [1.29, 1.82) is 0 Å². The summed E-state index contributed by atoms with van der Waals surface area (Å²) in [6.07, 6.45) is 2.37. The molecular formula is C17H23N3. The lowest BCUT2D eigenvalue weighted by Gasteiger charge is -2.37. The highest BCUT2D eigenvalue weighted by molar-refractivity contribution is 5.54. The number of fused-ring (bicyclic) bond motifs is 1. The first-order valence-electron chi connectivity index (χ1n) is 7.36. The Bertz CT molecular complexity index is 605. The van der Waals surface area contributed by atoms with Crippen LogP contribution in [0.5, 0.6) is 0 Å². The lowest BCUT2D eigenvalue weighted by Crippen LogP contribution is -2.29. The summed E-state index contributed by atoms with van der Waals surface area (Å²) in [5.74, 6) is 0. The van der Waals surface area contributed by atoms with Gasteiger partial charge in [0.15, 0.2) is 0 Å². The van der Waals surface area contributed by atoms with Gasteiger partial charge < -0.3 is 5.32 Å². The first kappa shape index (κ1) is 13.2. The van der Waals surface area contributed by atoms with Crippen LogP contribution in [-0.4, -0.2) is 10.2 Å². The first-order chi connectivity index (χ1) is 9.49. The Balaban J connectivity index is 1.97. The Hall–Kier alpha value is -1.77. The van der Waals surface area contributed by atoms with E-state index in [4.69, 9.17) is 0 Å². The molecule has 0 spiro atoms. The summed E-state index contributed by atoms with van der Waals surface area (Å²) in [4.78, 5) is 0. The molecule has 0 amide bonds. The SMILES string of the molecule is Cc1n[nH]c(C)c1NC1CCC(C)(C)c2ccccc21. The summed E-state index contributed by atoms with van der Waals surface area (Å²) in [6.45, 7) is 8.80. The van der Waals surface area contributed by atoms with Crippen LogP contribution >= 0.6 is 0 Å². The molecule has 3 rings (SSSR count). The number of hydrogen-bond donors (Lipinski definition) is 2. The van der Waals surface area contributed by atoms with Crippen LogP contribution < -0.4 is 5.32 Å². The fraction of sp³-hybridized carbons (Fsp3) is 0.471. The van der Waals surface area contributed by atoms with Crippen molar-refractivity contribution >= 4 is 5.69 Å². The monoisotopic (exact) mass is 269 g/mol. The number of aryl methyl sites for hydroxylation is 2. The minimum absolute atomic E-state index is 0.273. The van der Waals surface area contributed by atoms with Crippen molar-refractivity contribution in [3.8, 4) is 0 Å². The number of hydrogen-bond acceptors (Lipinski definition) is 2. The predicted molar refractivity (Wildman–Crippen MR) is 83.1 cm³/mol. The molecule has 3 nitrogen and oxygen atoms in total. The minimum atomic E-state index is 0.273. The van der Waals surface area contributed by atoms with Crippen LogP contribution in [0.1, 0.15) is 55.2 Å². The molecule has 0 saturated carbocycles. The highest BCUT2D eigenvalue weighted by atomic mass is 15.2. The lowest BCUT2D eigenvalue weighted by atomic mass is 9.71. The fourth-order valence-corrected chi connectivity index (χ4v) is 3.30. The van der Waals surface area contributed by atoms with Gasteiger partial charge in [-0.3, -0.25) is 5.10 Å². The molecule has 0 aliphatic heterocycles. The Morgan fingerprint density at radius 1 is 1.25 bits per heavy atom. The van der Waals surface area contributed by atoms with E-state index in [2.05, 4.69) is 60.6 Å². The number of anilines is 1. The second kappa shape index (κ2) is 4.65. The average Bonchev–Trinajstić information content (AvgIpc) is 2.74. The maximum atomic E-state index is 4.28. The zero-order valence-corrected chi connectivity index (χ0v) is 12.7. The van der Waals surface area contributed by atoms with Crippen molar-refractivity contribution in [2.75, 3.05) is 5.32 Å². The van der Waals surface area contributed by atoms with Crippen molar-refractivity contribution in [2.24, 2.45) is 0 Å². The van der Waals surface area contributed by atoms with E-state index in [0.29, 0.717) is 6.04 Å². The van der Waals surface area contributed by atoms with E-state index < -0.39 is 0 Å². The maximum absolute atomic E-state index is 4.28. The lowest BCUT2D eigenvalue weighted by molar-refractivity contribution is 0.406. The summed E-state index contributed by atoms with van der Waals surface area (Å²) < 4.78 is 0. The molecule has 1 atom stereocenters. The van der Waals surface area contributed by atoms with E-state index in [9.17, 15) is 0 Å². The van der Waals surface area contributed by atoms with Gasteiger partial charge in [0.1, 0.15) is 0 Å². The Labute approximate surface area is 120 Å². The highest BCUT2D eigenvalue weighted by Gasteiger charge is 2.32. The molecule has 1 aromatic heterocycles. The van der Waals surface area contributed by atoms with Crippen LogP contribution in [-0.2, 0) is 5.41 Å². The minimum Gasteiger partial charge on any atom is -0.375 e. The Kier molecular flexibility index (Phi) is 3.08. The van der Waals surface area contributed by atoms with Gasteiger partial charge in [0, 0.05) is 0 Å². The van der Waals surface area contributed by atoms with Crippen molar-refractivity contribution in [3.05, 3.63) is 46.8 Å². The van der Waals surface area contributed by atoms with Gasteiger partial charge in [0.2, 0.25) is 0 Å². The molecule has 106 valence electrons. The molecule has 1 unspecified atom stereocenters. The molecule has 2 N–H and O–H groups in total. The van der Waals surface area contributed by atoms with E-state index in [-0.39, 0.29) is 5.41 Å². The van der Waals surface area contributed by atoms with E-state index in [1.54, 1.807) is 0 Å². The molecule has 0 radical (unpaired) electrons. The molecule has 0 fully saturated rings. The summed E-state index contributed by atoms with van der Waals surface area (Å²) in [5.41, 5.74) is 6.50. The normalized spacial score (nSPS) is 20.5. The van der Waals surface area contributed by atoms with Crippen molar-refractivity contribution < 1.29 is 0 Å². The molecule has 1 heterocycles.